The summed E-state index contributed by atoms with van der Waals surface area (Å²) in [6, 6.07) is 18.4. The van der Waals surface area contributed by atoms with Crippen molar-refractivity contribution in [3.8, 4) is 0 Å². The molecule has 1 aliphatic rings. The average Bonchev–Trinajstić information content (AvgIpc) is 3.15. The number of hydrogen-bond donors (Lipinski definition) is 0. The number of carbonyl (C=O) groups is 2. The molecule has 0 unspecified atom stereocenters. The predicted molar refractivity (Wildman–Crippen MR) is 134 cm³/mol. The summed E-state index contributed by atoms with van der Waals surface area (Å²) in [7, 11) is 1.30. The number of ether oxygens (including phenoxy) is 5. The zero-order valence-corrected chi connectivity index (χ0v) is 21.9. The van der Waals surface area contributed by atoms with Crippen molar-refractivity contribution in [1.29, 1.82) is 0 Å². The fourth-order valence-electron chi connectivity index (χ4n) is 4.08. The van der Waals surface area contributed by atoms with Gasteiger partial charge < -0.3 is 23.7 Å². The third kappa shape index (κ3) is 7.29. The highest BCUT2D eigenvalue weighted by atomic mass is 16.6. The van der Waals surface area contributed by atoms with Gasteiger partial charge in [-0.1, -0.05) is 60.7 Å². The van der Waals surface area contributed by atoms with Gasteiger partial charge in [-0.05, 0) is 45.7 Å². The van der Waals surface area contributed by atoms with Crippen molar-refractivity contribution in [2.24, 2.45) is 0 Å². The SMILES string of the molecule is COC(=O)[C@@H](OCc1ccccc1)[C@@H](OCc1ccccc1)[C@@H]1COC(C)(C)N1C(=O)OC(C)(C)C. The van der Waals surface area contributed by atoms with Crippen LogP contribution in [0.2, 0.25) is 0 Å². The van der Waals surface area contributed by atoms with Crippen molar-refractivity contribution in [3.63, 3.8) is 0 Å². The van der Waals surface area contributed by atoms with Crippen LogP contribution in [-0.2, 0) is 41.7 Å². The van der Waals surface area contributed by atoms with E-state index in [0.29, 0.717) is 0 Å². The Balaban J connectivity index is 1.94. The molecule has 196 valence electrons. The molecule has 3 atom stereocenters. The summed E-state index contributed by atoms with van der Waals surface area (Å²) in [6.45, 7) is 9.45. The third-order valence-corrected chi connectivity index (χ3v) is 5.78. The second-order valence-electron chi connectivity index (χ2n) is 10.2. The highest BCUT2D eigenvalue weighted by Gasteiger charge is 2.52. The number of rotatable bonds is 9. The van der Waals surface area contributed by atoms with E-state index in [1.165, 1.54) is 12.0 Å². The largest absolute Gasteiger partial charge is 0.467 e. The average molecular weight is 500 g/mol. The van der Waals surface area contributed by atoms with E-state index in [-0.39, 0.29) is 19.8 Å². The smallest absolute Gasteiger partial charge is 0.412 e. The summed E-state index contributed by atoms with van der Waals surface area (Å²) in [5.41, 5.74) is 0.102. The third-order valence-electron chi connectivity index (χ3n) is 5.78. The van der Waals surface area contributed by atoms with Gasteiger partial charge in [-0.3, -0.25) is 4.90 Å². The van der Waals surface area contributed by atoms with E-state index in [1.807, 2.05) is 60.7 Å². The first kappa shape index (κ1) is 27.6. The maximum absolute atomic E-state index is 13.3. The van der Waals surface area contributed by atoms with Crippen LogP contribution in [0.5, 0.6) is 0 Å². The van der Waals surface area contributed by atoms with E-state index >= 15 is 0 Å². The molecule has 0 aromatic heterocycles. The number of methoxy groups -OCH3 is 1. The number of amides is 1. The van der Waals surface area contributed by atoms with Crippen LogP contribution in [0.1, 0.15) is 45.7 Å². The molecule has 1 aliphatic heterocycles. The maximum Gasteiger partial charge on any atom is 0.412 e. The molecule has 0 N–H and O–H groups in total. The van der Waals surface area contributed by atoms with Crippen molar-refractivity contribution >= 4 is 12.1 Å². The molecule has 8 nitrogen and oxygen atoms in total. The van der Waals surface area contributed by atoms with Gasteiger partial charge >= 0.3 is 12.1 Å². The number of nitrogens with zero attached hydrogens (tertiary/aromatic N) is 1. The summed E-state index contributed by atoms with van der Waals surface area (Å²) in [5.74, 6) is -0.599. The molecule has 36 heavy (non-hydrogen) atoms. The molecule has 1 saturated heterocycles. The minimum absolute atomic E-state index is 0.133. The fraction of sp³-hybridized carbons (Fsp3) is 0.500. The summed E-state index contributed by atoms with van der Waals surface area (Å²) < 4.78 is 29.2. The lowest BCUT2D eigenvalue weighted by molar-refractivity contribution is -0.174. The van der Waals surface area contributed by atoms with E-state index in [0.717, 1.165) is 11.1 Å². The van der Waals surface area contributed by atoms with Crippen LogP contribution in [0, 0.1) is 0 Å². The Morgan fingerprint density at radius 3 is 2.00 bits per heavy atom. The molecule has 1 heterocycles. The molecule has 0 spiro atoms. The summed E-state index contributed by atoms with van der Waals surface area (Å²) in [5, 5.41) is 0. The Morgan fingerprint density at radius 1 is 0.972 bits per heavy atom. The lowest BCUT2D eigenvalue weighted by atomic mass is 10.0. The Hall–Kier alpha value is -2.94. The highest BCUT2D eigenvalue weighted by Crippen LogP contribution is 2.34. The predicted octanol–water partition coefficient (Wildman–Crippen LogP) is 4.70. The van der Waals surface area contributed by atoms with E-state index in [4.69, 9.17) is 23.7 Å². The van der Waals surface area contributed by atoms with Crippen molar-refractivity contribution < 1.29 is 33.3 Å². The van der Waals surface area contributed by atoms with Gasteiger partial charge in [-0.25, -0.2) is 9.59 Å². The second kappa shape index (κ2) is 11.9. The topological polar surface area (TPSA) is 83.5 Å². The lowest BCUT2D eigenvalue weighted by Crippen LogP contribution is -2.58. The molecule has 1 fully saturated rings. The molecule has 8 heteroatoms. The number of esters is 1. The van der Waals surface area contributed by atoms with Crippen molar-refractivity contribution in [2.45, 2.75) is 77.4 Å². The Kier molecular flexibility index (Phi) is 9.11. The first-order chi connectivity index (χ1) is 17.0. The van der Waals surface area contributed by atoms with Gasteiger partial charge in [0, 0.05) is 0 Å². The second-order valence-corrected chi connectivity index (χ2v) is 10.2. The van der Waals surface area contributed by atoms with E-state index < -0.39 is 41.6 Å². The molecule has 2 aromatic rings. The minimum atomic E-state index is -1.12. The van der Waals surface area contributed by atoms with E-state index in [9.17, 15) is 9.59 Å². The molecule has 0 saturated carbocycles. The van der Waals surface area contributed by atoms with E-state index in [2.05, 4.69) is 0 Å². The number of carbonyl (C=O) groups excluding carboxylic acids is 2. The zero-order chi connectivity index (χ0) is 26.3. The first-order valence-electron chi connectivity index (χ1n) is 12.1. The van der Waals surface area contributed by atoms with Gasteiger partial charge in [-0.2, -0.15) is 0 Å². The molecule has 2 aromatic carbocycles. The van der Waals surface area contributed by atoms with Crippen LogP contribution in [0.15, 0.2) is 60.7 Å². The number of benzene rings is 2. The molecular formula is C28H37NO7. The van der Waals surface area contributed by atoms with Crippen LogP contribution in [0.25, 0.3) is 0 Å². The maximum atomic E-state index is 13.3. The van der Waals surface area contributed by atoms with Crippen LogP contribution < -0.4 is 0 Å². The molecule has 1 amide bonds. The van der Waals surface area contributed by atoms with Gasteiger partial charge in [0.05, 0.1) is 33.0 Å². The van der Waals surface area contributed by atoms with Crippen LogP contribution in [-0.4, -0.2) is 60.3 Å². The minimum Gasteiger partial charge on any atom is -0.467 e. The monoisotopic (exact) mass is 499 g/mol. The van der Waals surface area contributed by atoms with Crippen LogP contribution in [0.3, 0.4) is 0 Å². The summed E-state index contributed by atoms with van der Waals surface area (Å²) >= 11 is 0. The van der Waals surface area contributed by atoms with Gasteiger partial charge in [0.25, 0.3) is 0 Å². The standard InChI is InChI=1S/C28H37NO7/c1-27(2,3)36-26(31)29-22(19-35-28(29,4)5)23(33-17-20-13-9-7-10-14-20)24(25(30)32-6)34-18-21-15-11-8-12-16-21/h7-16,22-24H,17-19H2,1-6H3/t22-,23-,24-/m0/s1. The fourth-order valence-corrected chi connectivity index (χ4v) is 4.08. The Bertz CT molecular complexity index is 988. The molecule has 3 rings (SSSR count). The molecule has 0 bridgehead atoms. The van der Waals surface area contributed by atoms with Gasteiger partial charge in [0.1, 0.15) is 17.4 Å². The first-order valence-corrected chi connectivity index (χ1v) is 12.1. The quantitative estimate of drug-likeness (QED) is 0.463. The van der Waals surface area contributed by atoms with Crippen molar-refractivity contribution in [3.05, 3.63) is 71.8 Å². The summed E-state index contributed by atoms with van der Waals surface area (Å²) in [6.07, 6.45) is -2.57. The van der Waals surface area contributed by atoms with Gasteiger partial charge in [0.15, 0.2) is 6.10 Å². The highest BCUT2D eigenvalue weighted by molar-refractivity contribution is 5.76. The van der Waals surface area contributed by atoms with Crippen molar-refractivity contribution in [1.82, 2.24) is 4.90 Å². The summed E-state index contributed by atoms with van der Waals surface area (Å²) in [4.78, 5) is 27.8. The van der Waals surface area contributed by atoms with E-state index in [1.54, 1.807) is 34.6 Å². The van der Waals surface area contributed by atoms with Crippen LogP contribution >= 0.6 is 0 Å². The Morgan fingerprint density at radius 2 is 1.50 bits per heavy atom. The molecule has 0 radical (unpaired) electrons. The van der Waals surface area contributed by atoms with Crippen molar-refractivity contribution in [2.75, 3.05) is 13.7 Å². The zero-order valence-electron chi connectivity index (χ0n) is 21.9. The normalized spacial score (nSPS) is 18.9. The molecule has 0 aliphatic carbocycles. The van der Waals surface area contributed by atoms with Gasteiger partial charge in [-0.15, -0.1) is 0 Å². The van der Waals surface area contributed by atoms with Crippen LogP contribution in [0.4, 0.5) is 4.79 Å². The number of hydrogen-bond acceptors (Lipinski definition) is 7. The Labute approximate surface area is 213 Å². The van der Waals surface area contributed by atoms with Gasteiger partial charge in [0.2, 0.25) is 0 Å². The lowest BCUT2D eigenvalue weighted by Gasteiger charge is -2.39. The molecular weight excluding hydrogens is 462 g/mol.